The highest BCUT2D eigenvalue weighted by molar-refractivity contribution is 6.00. The zero-order chi connectivity index (χ0) is 18.6. The Hall–Kier alpha value is -3.41. The molecule has 1 saturated heterocycles. The molecule has 6 heteroatoms. The third kappa shape index (κ3) is 3.74. The molecule has 27 heavy (non-hydrogen) atoms. The highest BCUT2D eigenvalue weighted by atomic mass is 16.5. The van der Waals surface area contributed by atoms with Crippen LogP contribution in [0.1, 0.15) is 16.8 Å². The van der Waals surface area contributed by atoms with Gasteiger partial charge in [-0.05, 0) is 41.5 Å². The van der Waals surface area contributed by atoms with Gasteiger partial charge in [0.15, 0.2) is 0 Å². The Bertz CT molecular complexity index is 931. The van der Waals surface area contributed by atoms with Gasteiger partial charge in [-0.3, -0.25) is 9.78 Å². The van der Waals surface area contributed by atoms with E-state index in [1.807, 2.05) is 48.5 Å². The van der Waals surface area contributed by atoms with Crippen molar-refractivity contribution >= 4 is 11.6 Å². The normalized spacial score (nSPS) is 16.3. The summed E-state index contributed by atoms with van der Waals surface area (Å²) in [5.41, 5.74) is 8.96. The Balaban J connectivity index is 1.56. The van der Waals surface area contributed by atoms with E-state index in [0.29, 0.717) is 18.0 Å². The van der Waals surface area contributed by atoms with E-state index in [4.69, 9.17) is 10.5 Å². The molecule has 1 amide bonds. The van der Waals surface area contributed by atoms with Gasteiger partial charge in [0.2, 0.25) is 5.88 Å². The summed E-state index contributed by atoms with van der Waals surface area (Å²) in [7, 11) is 0. The summed E-state index contributed by atoms with van der Waals surface area (Å²) >= 11 is 0. The first kappa shape index (κ1) is 17.0. The van der Waals surface area contributed by atoms with Crippen molar-refractivity contribution in [2.75, 3.05) is 18.0 Å². The Kier molecular flexibility index (Phi) is 4.70. The molecule has 1 fully saturated rings. The smallest absolute Gasteiger partial charge is 0.250 e. The van der Waals surface area contributed by atoms with E-state index in [1.165, 1.54) is 0 Å². The Morgan fingerprint density at radius 1 is 1.07 bits per heavy atom. The van der Waals surface area contributed by atoms with Crippen molar-refractivity contribution in [1.29, 1.82) is 0 Å². The van der Waals surface area contributed by atoms with Crippen LogP contribution in [0.5, 0.6) is 5.88 Å². The van der Waals surface area contributed by atoms with Crippen LogP contribution >= 0.6 is 0 Å². The fourth-order valence-corrected chi connectivity index (χ4v) is 3.36. The predicted molar refractivity (Wildman–Crippen MR) is 104 cm³/mol. The average Bonchev–Trinajstić information content (AvgIpc) is 3.17. The summed E-state index contributed by atoms with van der Waals surface area (Å²) < 4.78 is 5.94. The maximum atomic E-state index is 12.1. The minimum atomic E-state index is -0.435. The summed E-state index contributed by atoms with van der Waals surface area (Å²) in [6, 6.07) is 15.2. The number of carbonyl (C=O) groups is 1. The van der Waals surface area contributed by atoms with E-state index in [2.05, 4.69) is 14.9 Å². The summed E-state index contributed by atoms with van der Waals surface area (Å²) in [6.45, 7) is 1.48. The molecular weight excluding hydrogens is 340 g/mol. The summed E-state index contributed by atoms with van der Waals surface area (Å²) in [5.74, 6) is 0.183. The molecule has 1 atom stereocenters. The van der Waals surface area contributed by atoms with Crippen molar-refractivity contribution in [2.45, 2.75) is 12.5 Å². The van der Waals surface area contributed by atoms with E-state index in [0.717, 1.165) is 29.8 Å². The Morgan fingerprint density at radius 3 is 2.67 bits per heavy atom. The van der Waals surface area contributed by atoms with Gasteiger partial charge in [0, 0.05) is 43.3 Å². The number of benzene rings is 1. The number of ether oxygens (including phenoxy) is 1. The van der Waals surface area contributed by atoms with Crippen LogP contribution in [0.2, 0.25) is 0 Å². The van der Waals surface area contributed by atoms with Crippen LogP contribution in [0, 0.1) is 0 Å². The molecule has 136 valence electrons. The highest BCUT2D eigenvalue weighted by Crippen LogP contribution is 2.30. The van der Waals surface area contributed by atoms with Crippen LogP contribution in [0.3, 0.4) is 0 Å². The van der Waals surface area contributed by atoms with Gasteiger partial charge in [-0.2, -0.15) is 0 Å². The van der Waals surface area contributed by atoms with E-state index in [-0.39, 0.29) is 6.10 Å². The lowest BCUT2D eigenvalue weighted by molar-refractivity contribution is 0.100. The second kappa shape index (κ2) is 7.45. The van der Waals surface area contributed by atoms with Crippen molar-refractivity contribution in [3.05, 3.63) is 72.7 Å². The van der Waals surface area contributed by atoms with Crippen LogP contribution in [0.25, 0.3) is 11.1 Å². The number of anilines is 1. The van der Waals surface area contributed by atoms with E-state index < -0.39 is 5.91 Å². The molecule has 0 aliphatic carbocycles. The minimum Gasteiger partial charge on any atom is -0.472 e. The first-order chi connectivity index (χ1) is 13.2. The van der Waals surface area contributed by atoms with E-state index in [9.17, 15) is 4.79 Å². The molecule has 0 bridgehead atoms. The molecule has 1 aliphatic rings. The van der Waals surface area contributed by atoms with Crippen LogP contribution in [-0.2, 0) is 0 Å². The lowest BCUT2D eigenvalue weighted by atomic mass is 10.0. The van der Waals surface area contributed by atoms with Crippen molar-refractivity contribution in [3.63, 3.8) is 0 Å². The molecule has 0 radical (unpaired) electrons. The summed E-state index contributed by atoms with van der Waals surface area (Å²) in [5, 5.41) is 0. The average molecular weight is 360 g/mol. The van der Waals surface area contributed by atoms with Crippen LogP contribution in [-0.4, -0.2) is 35.1 Å². The standard InChI is InChI=1S/C21H20N4O2/c22-21(26)18-13-16(15-6-10-23-11-7-15)4-5-19(18)25-12-8-17(14-25)27-20-3-1-2-9-24-20/h1-7,9-11,13,17H,8,12,14H2,(H2,22,26). The molecule has 0 spiro atoms. The SMILES string of the molecule is NC(=O)c1cc(-c2ccncc2)ccc1N1CCC(Oc2ccccn2)C1. The van der Waals surface area contributed by atoms with Gasteiger partial charge in [-0.1, -0.05) is 12.1 Å². The van der Waals surface area contributed by atoms with Gasteiger partial charge in [0.05, 0.1) is 12.1 Å². The van der Waals surface area contributed by atoms with Gasteiger partial charge in [0.25, 0.3) is 5.91 Å². The highest BCUT2D eigenvalue weighted by Gasteiger charge is 2.27. The molecule has 1 unspecified atom stereocenters. The molecule has 2 aromatic heterocycles. The Morgan fingerprint density at radius 2 is 1.93 bits per heavy atom. The molecule has 3 aromatic rings. The number of hydrogen-bond acceptors (Lipinski definition) is 5. The van der Waals surface area contributed by atoms with E-state index in [1.54, 1.807) is 18.6 Å². The monoisotopic (exact) mass is 360 g/mol. The number of nitrogens with two attached hydrogens (primary N) is 1. The molecule has 2 N–H and O–H groups in total. The van der Waals surface area contributed by atoms with Gasteiger partial charge in [0.1, 0.15) is 6.10 Å². The number of nitrogens with zero attached hydrogens (tertiary/aromatic N) is 3. The van der Waals surface area contributed by atoms with Gasteiger partial charge in [-0.15, -0.1) is 0 Å². The van der Waals surface area contributed by atoms with Crippen molar-refractivity contribution < 1.29 is 9.53 Å². The molecular formula is C21H20N4O2. The summed E-state index contributed by atoms with van der Waals surface area (Å²) in [6.07, 6.45) is 6.06. The van der Waals surface area contributed by atoms with Crippen LogP contribution in [0.4, 0.5) is 5.69 Å². The molecule has 3 heterocycles. The number of carbonyl (C=O) groups excluding carboxylic acids is 1. The fraction of sp³-hybridized carbons (Fsp3) is 0.190. The molecule has 1 aromatic carbocycles. The van der Waals surface area contributed by atoms with Gasteiger partial charge >= 0.3 is 0 Å². The largest absolute Gasteiger partial charge is 0.472 e. The van der Waals surface area contributed by atoms with Crippen molar-refractivity contribution in [2.24, 2.45) is 5.73 Å². The zero-order valence-corrected chi connectivity index (χ0v) is 14.8. The fourth-order valence-electron chi connectivity index (χ4n) is 3.36. The first-order valence-corrected chi connectivity index (χ1v) is 8.87. The topological polar surface area (TPSA) is 81.3 Å². The number of amides is 1. The van der Waals surface area contributed by atoms with Crippen LogP contribution < -0.4 is 15.4 Å². The lowest BCUT2D eigenvalue weighted by Crippen LogP contribution is -2.27. The first-order valence-electron chi connectivity index (χ1n) is 8.87. The summed E-state index contributed by atoms with van der Waals surface area (Å²) in [4.78, 5) is 22.5. The van der Waals surface area contributed by atoms with Crippen molar-refractivity contribution in [3.8, 4) is 17.0 Å². The predicted octanol–water partition coefficient (Wildman–Crippen LogP) is 2.90. The number of hydrogen-bond donors (Lipinski definition) is 1. The Labute approximate surface area is 157 Å². The minimum absolute atomic E-state index is 0.0282. The zero-order valence-electron chi connectivity index (χ0n) is 14.8. The van der Waals surface area contributed by atoms with Gasteiger partial charge < -0.3 is 15.4 Å². The van der Waals surface area contributed by atoms with Gasteiger partial charge in [-0.25, -0.2) is 4.98 Å². The second-order valence-electron chi connectivity index (χ2n) is 6.47. The maximum absolute atomic E-state index is 12.1. The molecule has 6 nitrogen and oxygen atoms in total. The number of rotatable bonds is 5. The quantitative estimate of drug-likeness (QED) is 0.757. The van der Waals surface area contributed by atoms with Crippen molar-refractivity contribution in [1.82, 2.24) is 9.97 Å². The second-order valence-corrected chi connectivity index (χ2v) is 6.47. The molecule has 1 aliphatic heterocycles. The van der Waals surface area contributed by atoms with E-state index >= 15 is 0 Å². The number of primary amides is 1. The van der Waals surface area contributed by atoms with Crippen LogP contribution in [0.15, 0.2) is 67.1 Å². The third-order valence-electron chi connectivity index (χ3n) is 4.69. The maximum Gasteiger partial charge on any atom is 0.250 e. The molecule has 4 rings (SSSR count). The third-order valence-corrected chi connectivity index (χ3v) is 4.69. The number of pyridine rings is 2. The molecule has 0 saturated carbocycles. The number of aromatic nitrogens is 2. The lowest BCUT2D eigenvalue weighted by Gasteiger charge is -2.22.